The van der Waals surface area contributed by atoms with E-state index >= 15 is 0 Å². The Morgan fingerprint density at radius 3 is 2.57 bits per heavy atom. The first-order chi connectivity index (χ1) is 13.5. The number of carbonyl (C=O) groups is 2. The zero-order valence-corrected chi connectivity index (χ0v) is 15.3. The molecule has 0 unspecified atom stereocenters. The van der Waals surface area contributed by atoms with Crippen molar-refractivity contribution >= 4 is 17.5 Å². The summed E-state index contributed by atoms with van der Waals surface area (Å²) in [6, 6.07) is 6.06. The summed E-state index contributed by atoms with van der Waals surface area (Å²) in [4.78, 5) is 28.5. The predicted octanol–water partition coefficient (Wildman–Crippen LogP) is 4.23. The molecule has 0 radical (unpaired) electrons. The van der Waals surface area contributed by atoms with Crippen molar-refractivity contribution in [2.24, 2.45) is 0 Å². The number of carbonyl (C=O) groups excluding carboxylic acids is 2. The van der Waals surface area contributed by atoms with Gasteiger partial charge < -0.3 is 10.6 Å². The third-order valence-electron chi connectivity index (χ3n) is 4.57. The third-order valence-corrected chi connectivity index (χ3v) is 4.57. The highest BCUT2D eigenvalue weighted by molar-refractivity contribution is 6.04. The van der Waals surface area contributed by atoms with Crippen LogP contribution in [0.2, 0.25) is 0 Å². The van der Waals surface area contributed by atoms with Crippen molar-refractivity contribution in [2.45, 2.75) is 32.1 Å². The molecule has 0 saturated heterocycles. The van der Waals surface area contributed by atoms with Crippen molar-refractivity contribution in [3.05, 3.63) is 71.1 Å². The number of hydrogen-bond acceptors (Lipinski definition) is 3. The van der Waals surface area contributed by atoms with Crippen molar-refractivity contribution < 1.29 is 18.4 Å². The minimum atomic E-state index is -0.890. The zero-order valence-electron chi connectivity index (χ0n) is 15.3. The molecule has 2 amide bonds. The average Bonchev–Trinajstić information content (AvgIpc) is 2.71. The number of para-hydroxylation sites is 1. The molecule has 0 bridgehead atoms. The molecule has 1 aromatic carbocycles. The van der Waals surface area contributed by atoms with Gasteiger partial charge in [0.2, 0.25) is 0 Å². The maximum absolute atomic E-state index is 13.7. The van der Waals surface area contributed by atoms with Gasteiger partial charge in [-0.25, -0.2) is 8.78 Å². The molecule has 0 atom stereocenters. The van der Waals surface area contributed by atoms with E-state index in [1.165, 1.54) is 42.8 Å². The van der Waals surface area contributed by atoms with Crippen LogP contribution < -0.4 is 10.6 Å². The summed E-state index contributed by atoms with van der Waals surface area (Å²) in [6.07, 6.45) is 8.91. The second-order valence-corrected chi connectivity index (χ2v) is 6.59. The van der Waals surface area contributed by atoms with Gasteiger partial charge in [0, 0.05) is 18.3 Å². The second kappa shape index (κ2) is 9.21. The molecule has 0 fully saturated rings. The highest BCUT2D eigenvalue weighted by atomic mass is 19.1. The summed E-state index contributed by atoms with van der Waals surface area (Å²) in [5.41, 5.74) is 0.954. The van der Waals surface area contributed by atoms with Crippen LogP contribution in [-0.2, 0) is 0 Å². The summed E-state index contributed by atoms with van der Waals surface area (Å²) in [7, 11) is 0. The van der Waals surface area contributed by atoms with E-state index in [0.717, 1.165) is 31.4 Å². The van der Waals surface area contributed by atoms with Crippen LogP contribution in [0.5, 0.6) is 0 Å². The molecule has 0 aliphatic heterocycles. The van der Waals surface area contributed by atoms with Crippen molar-refractivity contribution in [3.63, 3.8) is 0 Å². The normalized spacial score (nSPS) is 13.6. The number of anilines is 1. The molecule has 1 heterocycles. The first kappa shape index (κ1) is 19.7. The number of nitrogens with zero attached hydrogens (tertiary/aromatic N) is 1. The largest absolute Gasteiger partial charge is 0.352 e. The maximum Gasteiger partial charge on any atom is 0.274 e. The Kier molecular flexibility index (Phi) is 6.47. The minimum absolute atomic E-state index is 0.106. The van der Waals surface area contributed by atoms with Crippen LogP contribution in [-0.4, -0.2) is 23.3 Å². The number of hydrogen-bond donors (Lipinski definition) is 2. The first-order valence-corrected chi connectivity index (χ1v) is 9.22. The molecule has 146 valence electrons. The Morgan fingerprint density at radius 1 is 1.07 bits per heavy atom. The van der Waals surface area contributed by atoms with Gasteiger partial charge >= 0.3 is 0 Å². The lowest BCUT2D eigenvalue weighted by Crippen LogP contribution is -2.25. The van der Waals surface area contributed by atoms with Crippen LogP contribution in [0.4, 0.5) is 14.5 Å². The molecule has 1 aliphatic rings. The Bertz CT molecular complexity index is 892. The highest BCUT2D eigenvalue weighted by Gasteiger charge is 2.16. The number of benzene rings is 1. The lowest BCUT2D eigenvalue weighted by Gasteiger charge is -2.13. The van der Waals surface area contributed by atoms with Crippen molar-refractivity contribution in [3.8, 4) is 0 Å². The topological polar surface area (TPSA) is 71.1 Å². The Morgan fingerprint density at radius 2 is 1.86 bits per heavy atom. The highest BCUT2D eigenvalue weighted by Crippen LogP contribution is 2.20. The number of amides is 2. The van der Waals surface area contributed by atoms with Gasteiger partial charge in [0.25, 0.3) is 11.8 Å². The van der Waals surface area contributed by atoms with E-state index in [0.29, 0.717) is 6.54 Å². The van der Waals surface area contributed by atoms with E-state index in [2.05, 4.69) is 21.7 Å². The first-order valence-electron chi connectivity index (χ1n) is 9.22. The summed E-state index contributed by atoms with van der Waals surface area (Å²) in [5.74, 6) is -2.91. The molecule has 0 saturated carbocycles. The Balaban J connectivity index is 1.61. The fourth-order valence-corrected chi connectivity index (χ4v) is 3.06. The standard InChI is InChI=1S/C21H21F2N3O2/c22-16-7-4-8-17(23)19(16)26-21(28)18-13-15(10-12-24-18)20(27)25-11-9-14-5-2-1-3-6-14/h4-5,7-8,10,12-13H,1-3,6,9,11H2,(H,25,27)(H,26,28). The van der Waals surface area contributed by atoms with Crippen LogP contribution in [0, 0.1) is 11.6 Å². The molecule has 3 rings (SSSR count). The van der Waals surface area contributed by atoms with Gasteiger partial charge in [-0.1, -0.05) is 17.7 Å². The number of halogens is 2. The lowest BCUT2D eigenvalue weighted by atomic mass is 9.97. The van der Waals surface area contributed by atoms with E-state index in [4.69, 9.17) is 0 Å². The summed E-state index contributed by atoms with van der Waals surface area (Å²) < 4.78 is 27.4. The number of pyridine rings is 1. The van der Waals surface area contributed by atoms with Crippen LogP contribution in [0.3, 0.4) is 0 Å². The molecule has 5 nitrogen and oxygen atoms in total. The molecule has 7 heteroatoms. The van der Waals surface area contributed by atoms with Crippen LogP contribution >= 0.6 is 0 Å². The molecular formula is C21H21F2N3O2. The van der Waals surface area contributed by atoms with E-state index in [9.17, 15) is 18.4 Å². The Hall–Kier alpha value is -3.09. The molecule has 2 aromatic rings. The second-order valence-electron chi connectivity index (χ2n) is 6.59. The molecule has 0 spiro atoms. The van der Waals surface area contributed by atoms with Crippen LogP contribution in [0.1, 0.15) is 53.0 Å². The smallest absolute Gasteiger partial charge is 0.274 e. The Labute approximate surface area is 161 Å². The van der Waals surface area contributed by atoms with Gasteiger partial charge in [0.1, 0.15) is 23.0 Å². The van der Waals surface area contributed by atoms with Gasteiger partial charge in [-0.3, -0.25) is 14.6 Å². The summed E-state index contributed by atoms with van der Waals surface area (Å²) in [6.45, 7) is 0.509. The van der Waals surface area contributed by atoms with Crippen molar-refractivity contribution in [1.82, 2.24) is 10.3 Å². The predicted molar refractivity (Wildman–Crippen MR) is 102 cm³/mol. The van der Waals surface area contributed by atoms with E-state index < -0.39 is 23.2 Å². The van der Waals surface area contributed by atoms with Gasteiger partial charge in [-0.05, 0) is 56.4 Å². The number of aromatic nitrogens is 1. The van der Waals surface area contributed by atoms with Crippen LogP contribution in [0.25, 0.3) is 0 Å². The molecule has 1 aliphatic carbocycles. The van der Waals surface area contributed by atoms with Crippen LogP contribution in [0.15, 0.2) is 48.2 Å². The van der Waals surface area contributed by atoms with Gasteiger partial charge in [-0.15, -0.1) is 0 Å². The molecule has 2 N–H and O–H groups in total. The SMILES string of the molecule is O=C(NCCC1=CCCCC1)c1ccnc(C(=O)Nc2c(F)cccc2F)c1. The fraction of sp³-hybridized carbons (Fsp3) is 0.286. The average molecular weight is 385 g/mol. The molecule has 1 aromatic heterocycles. The van der Waals surface area contributed by atoms with E-state index in [-0.39, 0.29) is 17.2 Å². The van der Waals surface area contributed by atoms with Gasteiger partial charge in [0.05, 0.1) is 0 Å². The van der Waals surface area contributed by atoms with E-state index in [1.54, 1.807) is 0 Å². The van der Waals surface area contributed by atoms with Crippen molar-refractivity contribution in [2.75, 3.05) is 11.9 Å². The van der Waals surface area contributed by atoms with Gasteiger partial charge in [0.15, 0.2) is 0 Å². The lowest BCUT2D eigenvalue weighted by molar-refractivity contribution is 0.0954. The number of rotatable bonds is 6. The molecular weight excluding hydrogens is 364 g/mol. The molecule has 28 heavy (non-hydrogen) atoms. The minimum Gasteiger partial charge on any atom is -0.352 e. The number of allylic oxidation sites excluding steroid dienone is 1. The van der Waals surface area contributed by atoms with Gasteiger partial charge in [-0.2, -0.15) is 0 Å². The fourth-order valence-electron chi connectivity index (χ4n) is 3.06. The third kappa shape index (κ3) is 5.00. The van der Waals surface area contributed by atoms with Crippen molar-refractivity contribution in [1.29, 1.82) is 0 Å². The zero-order chi connectivity index (χ0) is 19.9. The summed E-state index contributed by atoms with van der Waals surface area (Å²) >= 11 is 0. The summed E-state index contributed by atoms with van der Waals surface area (Å²) in [5, 5.41) is 4.98. The quantitative estimate of drug-likeness (QED) is 0.731. The van der Waals surface area contributed by atoms with E-state index in [1.807, 2.05) is 0 Å². The number of nitrogens with one attached hydrogen (secondary N) is 2. The monoisotopic (exact) mass is 385 g/mol. The maximum atomic E-state index is 13.7.